The summed E-state index contributed by atoms with van der Waals surface area (Å²) in [6.07, 6.45) is 3.21. The van der Waals surface area contributed by atoms with E-state index in [9.17, 15) is 9.59 Å². The average Bonchev–Trinajstić information content (AvgIpc) is 3.58. The first-order chi connectivity index (χ1) is 22.1. The molecule has 3 aromatic heterocycles. The monoisotopic (exact) mass is 660 g/mol. The first kappa shape index (κ1) is 31.1. The molecule has 0 N–H and O–H groups in total. The van der Waals surface area contributed by atoms with Crippen LogP contribution in [-0.2, 0) is 6.54 Å². The molecule has 2 aromatic carbocycles. The number of carbonyl (C=O) groups is 1. The van der Waals surface area contributed by atoms with Gasteiger partial charge in [-0.15, -0.1) is 0 Å². The van der Waals surface area contributed by atoms with Crippen LogP contribution in [0.15, 0.2) is 71.8 Å². The SMILES string of the molecule is COc1ccc(Cn2cc(N3C(=O)c4nc(-c5cnc(OC)nc5OC)n(C(C)C)c4C3c3ccc(Cl)cc3)cc(Cl)c2=O)cc1. The predicted octanol–water partition coefficient (Wildman–Crippen LogP) is 6.21. The summed E-state index contributed by atoms with van der Waals surface area (Å²) < 4.78 is 19.5. The highest BCUT2D eigenvalue weighted by Crippen LogP contribution is 2.45. The quantitative estimate of drug-likeness (QED) is 0.183. The van der Waals surface area contributed by atoms with Gasteiger partial charge in [0.2, 0.25) is 5.88 Å². The molecule has 1 unspecified atom stereocenters. The second-order valence-corrected chi connectivity index (χ2v) is 11.7. The van der Waals surface area contributed by atoms with Gasteiger partial charge in [-0.1, -0.05) is 47.5 Å². The van der Waals surface area contributed by atoms with Crippen LogP contribution in [0.3, 0.4) is 0 Å². The first-order valence-electron chi connectivity index (χ1n) is 14.3. The van der Waals surface area contributed by atoms with Gasteiger partial charge in [-0.05, 0) is 55.3 Å². The van der Waals surface area contributed by atoms with E-state index >= 15 is 0 Å². The van der Waals surface area contributed by atoms with Gasteiger partial charge in [0.15, 0.2) is 5.69 Å². The third-order valence-corrected chi connectivity index (χ3v) is 8.28. The number of rotatable bonds is 9. The van der Waals surface area contributed by atoms with Gasteiger partial charge < -0.3 is 23.3 Å². The number of carbonyl (C=O) groups excluding carboxylic acids is 1. The van der Waals surface area contributed by atoms with E-state index in [1.165, 1.54) is 24.9 Å². The lowest BCUT2D eigenvalue weighted by atomic mass is 10.0. The van der Waals surface area contributed by atoms with E-state index in [2.05, 4.69) is 9.97 Å². The number of imidazole rings is 1. The zero-order valence-electron chi connectivity index (χ0n) is 25.7. The molecule has 1 amide bonds. The summed E-state index contributed by atoms with van der Waals surface area (Å²) in [4.78, 5) is 42.7. The fourth-order valence-corrected chi connectivity index (χ4v) is 6.01. The molecule has 5 aromatic rings. The Morgan fingerprint density at radius 2 is 1.63 bits per heavy atom. The molecule has 1 aliphatic rings. The Hall–Kier alpha value is -4.87. The molecule has 0 spiro atoms. The number of aromatic nitrogens is 5. The van der Waals surface area contributed by atoms with Gasteiger partial charge in [-0.25, -0.2) is 9.97 Å². The third kappa shape index (κ3) is 5.45. The van der Waals surface area contributed by atoms with Crippen LogP contribution in [0.1, 0.15) is 53.2 Å². The number of amides is 1. The lowest BCUT2D eigenvalue weighted by Gasteiger charge is -2.29. The van der Waals surface area contributed by atoms with Crippen molar-refractivity contribution in [1.29, 1.82) is 0 Å². The predicted molar refractivity (Wildman–Crippen MR) is 175 cm³/mol. The normalized spacial score (nSPS) is 14.1. The third-order valence-electron chi connectivity index (χ3n) is 7.76. The maximum absolute atomic E-state index is 14.5. The van der Waals surface area contributed by atoms with E-state index in [1.54, 1.807) is 36.5 Å². The van der Waals surface area contributed by atoms with Gasteiger partial charge in [-0.3, -0.25) is 14.5 Å². The molecule has 1 aliphatic heterocycles. The average molecular weight is 662 g/mol. The van der Waals surface area contributed by atoms with Crippen LogP contribution in [0.25, 0.3) is 11.4 Å². The number of benzene rings is 2. The zero-order valence-corrected chi connectivity index (χ0v) is 27.2. The molecule has 0 saturated carbocycles. The van der Waals surface area contributed by atoms with Crippen LogP contribution in [0.5, 0.6) is 17.6 Å². The molecule has 46 heavy (non-hydrogen) atoms. The summed E-state index contributed by atoms with van der Waals surface area (Å²) in [5.74, 6) is 1.05. The highest BCUT2D eigenvalue weighted by atomic mass is 35.5. The lowest BCUT2D eigenvalue weighted by Crippen LogP contribution is -2.32. The van der Waals surface area contributed by atoms with E-state index in [4.69, 9.17) is 42.4 Å². The van der Waals surface area contributed by atoms with Gasteiger partial charge in [0, 0.05) is 23.5 Å². The van der Waals surface area contributed by atoms with E-state index in [0.717, 1.165) is 11.1 Å². The van der Waals surface area contributed by atoms with Crippen molar-refractivity contribution >= 4 is 34.8 Å². The fourth-order valence-electron chi connectivity index (χ4n) is 5.67. The highest BCUT2D eigenvalue weighted by Gasteiger charge is 2.45. The Morgan fingerprint density at radius 1 is 0.913 bits per heavy atom. The van der Waals surface area contributed by atoms with Gasteiger partial charge in [0.25, 0.3) is 11.5 Å². The van der Waals surface area contributed by atoms with E-state index in [0.29, 0.717) is 33.5 Å². The zero-order chi connectivity index (χ0) is 32.7. The van der Waals surface area contributed by atoms with Crippen molar-refractivity contribution in [2.24, 2.45) is 0 Å². The van der Waals surface area contributed by atoms with Crippen molar-refractivity contribution in [3.8, 4) is 29.0 Å². The van der Waals surface area contributed by atoms with Crippen LogP contribution < -0.4 is 24.7 Å². The highest BCUT2D eigenvalue weighted by molar-refractivity contribution is 6.31. The Kier molecular flexibility index (Phi) is 8.45. The summed E-state index contributed by atoms with van der Waals surface area (Å²) >= 11 is 12.8. The van der Waals surface area contributed by atoms with Crippen LogP contribution in [0.2, 0.25) is 10.0 Å². The van der Waals surface area contributed by atoms with Gasteiger partial charge >= 0.3 is 6.01 Å². The Balaban J connectivity index is 1.53. The van der Waals surface area contributed by atoms with E-state index < -0.39 is 6.04 Å². The maximum Gasteiger partial charge on any atom is 0.319 e. The molecule has 4 heterocycles. The van der Waals surface area contributed by atoms with Gasteiger partial charge in [0.05, 0.1) is 44.8 Å². The van der Waals surface area contributed by atoms with E-state index in [-0.39, 0.29) is 46.7 Å². The van der Waals surface area contributed by atoms with E-state index in [1.807, 2.05) is 54.8 Å². The Morgan fingerprint density at radius 3 is 2.26 bits per heavy atom. The number of hydrogen-bond acceptors (Lipinski definition) is 8. The summed E-state index contributed by atoms with van der Waals surface area (Å²) in [6.45, 7) is 4.23. The number of nitrogens with zero attached hydrogens (tertiary/aromatic N) is 6. The van der Waals surface area contributed by atoms with Crippen molar-refractivity contribution in [2.45, 2.75) is 32.5 Å². The Labute approximate surface area is 274 Å². The molecular formula is C33H30Cl2N6O5. The number of methoxy groups -OCH3 is 3. The molecular weight excluding hydrogens is 631 g/mol. The van der Waals surface area contributed by atoms with Crippen molar-refractivity contribution in [1.82, 2.24) is 24.1 Å². The number of hydrogen-bond donors (Lipinski definition) is 0. The standard InChI is InChI=1S/C33H30Cl2N6O5/c1-18(2)40-28-26(37-29(40)24-15-36-33(46-5)38-30(24)45-4)32(43)41(27(28)20-8-10-21(34)11-9-20)22-14-25(35)31(42)39(17-22)16-19-6-12-23(44-3)13-7-19/h6-15,17-18,27H,16H2,1-5H3. The van der Waals surface area contributed by atoms with Crippen LogP contribution >= 0.6 is 23.2 Å². The molecule has 0 bridgehead atoms. The summed E-state index contributed by atoms with van der Waals surface area (Å²) in [5.41, 5.74) is 3.08. The summed E-state index contributed by atoms with van der Waals surface area (Å²) in [7, 11) is 4.55. The fraction of sp³-hybridized carbons (Fsp3) is 0.242. The molecule has 236 valence electrons. The minimum atomic E-state index is -0.642. The topological polar surface area (TPSA) is 114 Å². The second-order valence-electron chi connectivity index (χ2n) is 10.9. The molecule has 1 atom stereocenters. The van der Waals surface area contributed by atoms with Crippen molar-refractivity contribution < 1.29 is 19.0 Å². The number of ether oxygens (including phenoxy) is 3. The van der Waals surface area contributed by atoms with Crippen molar-refractivity contribution in [2.75, 3.05) is 26.2 Å². The Bertz CT molecular complexity index is 1990. The molecule has 13 heteroatoms. The van der Waals surface area contributed by atoms with Gasteiger partial charge in [-0.2, -0.15) is 4.98 Å². The minimum absolute atomic E-state index is 0.0225. The summed E-state index contributed by atoms with van der Waals surface area (Å²) in [5, 5.41) is 0.528. The number of anilines is 1. The van der Waals surface area contributed by atoms with Crippen LogP contribution in [-0.4, -0.2) is 51.3 Å². The molecule has 6 rings (SSSR count). The number of halogens is 2. The summed E-state index contributed by atoms with van der Waals surface area (Å²) in [6, 6.07) is 15.5. The van der Waals surface area contributed by atoms with Crippen LogP contribution in [0.4, 0.5) is 5.69 Å². The van der Waals surface area contributed by atoms with Gasteiger partial charge in [0.1, 0.15) is 22.6 Å². The molecule has 0 radical (unpaired) electrons. The molecule has 0 aliphatic carbocycles. The van der Waals surface area contributed by atoms with Crippen molar-refractivity contribution in [3.63, 3.8) is 0 Å². The molecule has 0 saturated heterocycles. The molecule has 11 nitrogen and oxygen atoms in total. The minimum Gasteiger partial charge on any atom is -0.497 e. The lowest BCUT2D eigenvalue weighted by molar-refractivity contribution is 0.0989. The van der Waals surface area contributed by atoms with Crippen LogP contribution in [0, 0.1) is 0 Å². The number of fused-ring (bicyclic) bond motifs is 1. The molecule has 0 fully saturated rings. The maximum atomic E-state index is 14.5. The first-order valence-corrected chi connectivity index (χ1v) is 15.1. The smallest absolute Gasteiger partial charge is 0.319 e. The number of pyridine rings is 1. The van der Waals surface area contributed by atoms with Crippen molar-refractivity contribution in [3.05, 3.63) is 110 Å². The largest absolute Gasteiger partial charge is 0.497 e. The second kappa shape index (κ2) is 12.5.